The van der Waals surface area contributed by atoms with Crippen molar-refractivity contribution < 1.29 is 0 Å². The molecule has 0 aromatic rings. The first-order valence-corrected chi connectivity index (χ1v) is 4.33. The smallest absolute Gasteiger partial charge is 0.0352 e. The minimum atomic E-state index is 1.02. The van der Waals surface area contributed by atoms with Gasteiger partial charge in [-0.15, -0.1) is 0 Å². The van der Waals surface area contributed by atoms with Crippen LogP contribution in [-0.4, -0.2) is 0 Å². The third kappa shape index (κ3) is 0.720. The van der Waals surface area contributed by atoms with Crippen LogP contribution in [0.4, 0.5) is 0 Å². The summed E-state index contributed by atoms with van der Waals surface area (Å²) in [5, 5.41) is 0. The Bertz CT molecular complexity index is 117. The van der Waals surface area contributed by atoms with Crippen LogP contribution in [0.1, 0.15) is 33.1 Å². The summed E-state index contributed by atoms with van der Waals surface area (Å²) in [4.78, 5) is 0. The topological polar surface area (TPSA) is 0 Å². The number of rotatable bonds is 2. The van der Waals surface area contributed by atoms with Crippen molar-refractivity contribution in [3.63, 3.8) is 0 Å². The summed E-state index contributed by atoms with van der Waals surface area (Å²) in [5.41, 5.74) is 0. The average Bonchev–Trinajstić information content (AvgIpc) is 2.42. The molecule has 9 heavy (non-hydrogen) atoms. The van der Waals surface area contributed by atoms with Crippen LogP contribution in [0, 0.1) is 23.7 Å². The predicted molar refractivity (Wildman–Crippen MR) is 39.2 cm³/mol. The Labute approximate surface area is 57.6 Å². The van der Waals surface area contributed by atoms with Crippen molar-refractivity contribution in [1.29, 1.82) is 0 Å². The van der Waals surface area contributed by atoms with Crippen molar-refractivity contribution in [1.82, 2.24) is 0 Å². The zero-order chi connectivity index (χ0) is 6.43. The Morgan fingerprint density at radius 3 is 2.56 bits per heavy atom. The molecule has 2 rings (SSSR count). The van der Waals surface area contributed by atoms with E-state index in [1.54, 1.807) is 12.8 Å². The van der Waals surface area contributed by atoms with E-state index < -0.39 is 0 Å². The highest BCUT2D eigenvalue weighted by molar-refractivity contribution is 5.03. The average molecular weight is 124 g/mol. The van der Waals surface area contributed by atoms with E-state index >= 15 is 0 Å². The second kappa shape index (κ2) is 1.74. The third-order valence-corrected chi connectivity index (χ3v) is 3.48. The summed E-state index contributed by atoms with van der Waals surface area (Å²) in [6.45, 7) is 4.74. The molecule has 0 heterocycles. The van der Waals surface area contributed by atoms with Gasteiger partial charge in [-0.3, -0.25) is 0 Å². The summed E-state index contributed by atoms with van der Waals surface area (Å²) in [6, 6.07) is 0. The molecule has 2 saturated carbocycles. The maximum Gasteiger partial charge on any atom is -0.0352 e. The van der Waals surface area contributed by atoms with E-state index in [-0.39, 0.29) is 0 Å². The normalized spacial score (nSPS) is 49.3. The lowest BCUT2D eigenvalue weighted by atomic mass is 9.76. The molecule has 0 nitrogen and oxygen atoms in total. The van der Waals surface area contributed by atoms with Crippen molar-refractivity contribution in [3.8, 4) is 0 Å². The lowest BCUT2D eigenvalue weighted by Crippen LogP contribution is -2.22. The van der Waals surface area contributed by atoms with Gasteiger partial charge in [0.05, 0.1) is 0 Å². The molecule has 0 N–H and O–H groups in total. The van der Waals surface area contributed by atoms with Gasteiger partial charge in [0.2, 0.25) is 0 Å². The highest BCUT2D eigenvalue weighted by Gasteiger charge is 2.54. The monoisotopic (exact) mass is 124 g/mol. The van der Waals surface area contributed by atoms with Gasteiger partial charge in [0.15, 0.2) is 0 Å². The van der Waals surface area contributed by atoms with Crippen molar-refractivity contribution in [2.24, 2.45) is 23.7 Å². The van der Waals surface area contributed by atoms with E-state index in [1.807, 2.05) is 0 Å². The highest BCUT2D eigenvalue weighted by atomic mass is 14.6. The Kier molecular flexibility index (Phi) is 1.12. The summed E-state index contributed by atoms with van der Waals surface area (Å²) in [7, 11) is 0. The fourth-order valence-corrected chi connectivity index (χ4v) is 2.35. The SMILES string of the molecule is CCC(C)C1CC2CC21. The number of hydrogen-bond acceptors (Lipinski definition) is 0. The molecule has 4 unspecified atom stereocenters. The van der Waals surface area contributed by atoms with Crippen LogP contribution < -0.4 is 0 Å². The van der Waals surface area contributed by atoms with Crippen LogP contribution in [0.15, 0.2) is 0 Å². The van der Waals surface area contributed by atoms with Crippen LogP contribution in [0.5, 0.6) is 0 Å². The molecule has 0 amide bonds. The molecule has 0 saturated heterocycles. The van der Waals surface area contributed by atoms with Crippen molar-refractivity contribution in [2.45, 2.75) is 33.1 Å². The highest BCUT2D eigenvalue weighted by Crippen LogP contribution is 2.62. The molecule has 0 heteroatoms. The zero-order valence-electron chi connectivity index (χ0n) is 6.43. The molecule has 2 aliphatic carbocycles. The van der Waals surface area contributed by atoms with E-state index in [2.05, 4.69) is 13.8 Å². The molecule has 0 aromatic carbocycles. The fourth-order valence-electron chi connectivity index (χ4n) is 2.35. The lowest BCUT2D eigenvalue weighted by molar-refractivity contribution is 0.195. The first-order valence-electron chi connectivity index (χ1n) is 4.33. The molecule has 0 radical (unpaired) electrons. The molecule has 0 aliphatic heterocycles. The van der Waals surface area contributed by atoms with Crippen molar-refractivity contribution in [3.05, 3.63) is 0 Å². The first-order chi connectivity index (χ1) is 4.33. The zero-order valence-corrected chi connectivity index (χ0v) is 6.43. The molecule has 0 aromatic heterocycles. The maximum atomic E-state index is 2.42. The van der Waals surface area contributed by atoms with Crippen LogP contribution in [0.25, 0.3) is 0 Å². The van der Waals surface area contributed by atoms with Crippen molar-refractivity contribution >= 4 is 0 Å². The number of hydrogen-bond donors (Lipinski definition) is 0. The minimum Gasteiger partial charge on any atom is -0.0651 e. The molecule has 52 valence electrons. The van der Waals surface area contributed by atoms with Crippen LogP contribution in [0.2, 0.25) is 0 Å². The number of fused-ring (bicyclic) bond motifs is 1. The standard InChI is InChI=1S/C9H16/c1-3-6(2)8-4-7-5-9(7)8/h6-9H,3-5H2,1-2H3. The lowest BCUT2D eigenvalue weighted by Gasteiger charge is -2.30. The molecule has 2 aliphatic rings. The molecule has 0 bridgehead atoms. The Morgan fingerprint density at radius 1 is 1.44 bits per heavy atom. The molecule has 0 spiro atoms. The summed E-state index contributed by atoms with van der Waals surface area (Å²) >= 11 is 0. The summed E-state index contributed by atoms with van der Waals surface area (Å²) in [5.74, 6) is 4.55. The predicted octanol–water partition coefficient (Wildman–Crippen LogP) is 2.69. The van der Waals surface area contributed by atoms with Crippen LogP contribution >= 0.6 is 0 Å². The van der Waals surface area contributed by atoms with Crippen molar-refractivity contribution in [2.75, 3.05) is 0 Å². The van der Waals surface area contributed by atoms with Gasteiger partial charge in [0.1, 0.15) is 0 Å². The van der Waals surface area contributed by atoms with Gasteiger partial charge >= 0.3 is 0 Å². The van der Waals surface area contributed by atoms with Gasteiger partial charge in [-0.1, -0.05) is 20.3 Å². The van der Waals surface area contributed by atoms with Gasteiger partial charge in [0.25, 0.3) is 0 Å². The Morgan fingerprint density at radius 2 is 2.22 bits per heavy atom. The van der Waals surface area contributed by atoms with Gasteiger partial charge < -0.3 is 0 Å². The van der Waals surface area contributed by atoms with E-state index in [0.717, 1.165) is 11.8 Å². The third-order valence-electron chi connectivity index (χ3n) is 3.48. The van der Waals surface area contributed by atoms with Gasteiger partial charge in [-0.05, 0) is 36.5 Å². The maximum absolute atomic E-state index is 2.42. The van der Waals surface area contributed by atoms with Gasteiger partial charge in [0, 0.05) is 0 Å². The van der Waals surface area contributed by atoms with Gasteiger partial charge in [-0.2, -0.15) is 0 Å². The Balaban J connectivity index is 1.85. The second-order valence-electron chi connectivity index (χ2n) is 3.94. The largest absolute Gasteiger partial charge is 0.0651 e. The molecular weight excluding hydrogens is 108 g/mol. The van der Waals surface area contributed by atoms with E-state index in [9.17, 15) is 0 Å². The molecule has 4 atom stereocenters. The summed E-state index contributed by atoms with van der Waals surface area (Å²) in [6.07, 6.45) is 4.54. The van der Waals surface area contributed by atoms with Gasteiger partial charge in [-0.25, -0.2) is 0 Å². The minimum absolute atomic E-state index is 1.02. The summed E-state index contributed by atoms with van der Waals surface area (Å²) < 4.78 is 0. The van der Waals surface area contributed by atoms with Crippen LogP contribution in [0.3, 0.4) is 0 Å². The van der Waals surface area contributed by atoms with E-state index in [0.29, 0.717) is 0 Å². The first kappa shape index (κ1) is 5.76. The molecular formula is C9H16. The molecule has 2 fully saturated rings. The second-order valence-corrected chi connectivity index (χ2v) is 3.94. The van der Waals surface area contributed by atoms with E-state index in [1.165, 1.54) is 18.3 Å². The Hall–Kier alpha value is 0. The van der Waals surface area contributed by atoms with Crippen LogP contribution in [-0.2, 0) is 0 Å². The quantitative estimate of drug-likeness (QED) is 0.531. The van der Waals surface area contributed by atoms with E-state index in [4.69, 9.17) is 0 Å². The fraction of sp³-hybridized carbons (Fsp3) is 1.00.